The standard InChI is InChI=1S/C15H16F3NO/c1-9-4-5-11(15(16,17)18)8-12(9)14-7-6-13(20-14)10(2)19-3/h4-8,10,19H,1-3H3. The van der Waals surface area contributed by atoms with Crippen LogP contribution in [0, 0.1) is 6.92 Å². The third-order valence-electron chi connectivity index (χ3n) is 3.32. The van der Waals surface area contributed by atoms with Gasteiger partial charge in [0.05, 0.1) is 11.6 Å². The summed E-state index contributed by atoms with van der Waals surface area (Å²) >= 11 is 0. The molecule has 0 radical (unpaired) electrons. The van der Waals surface area contributed by atoms with Crippen LogP contribution >= 0.6 is 0 Å². The van der Waals surface area contributed by atoms with Gasteiger partial charge in [-0.05, 0) is 50.7 Å². The molecule has 20 heavy (non-hydrogen) atoms. The van der Waals surface area contributed by atoms with Gasteiger partial charge < -0.3 is 9.73 Å². The molecular formula is C15H16F3NO. The van der Waals surface area contributed by atoms with E-state index in [9.17, 15) is 13.2 Å². The molecule has 0 saturated carbocycles. The van der Waals surface area contributed by atoms with Crippen LogP contribution < -0.4 is 5.32 Å². The second-order valence-corrected chi connectivity index (χ2v) is 4.74. The number of rotatable bonds is 3. The lowest BCUT2D eigenvalue weighted by Crippen LogP contribution is -2.11. The summed E-state index contributed by atoms with van der Waals surface area (Å²) in [5.74, 6) is 1.14. The molecule has 1 N–H and O–H groups in total. The fourth-order valence-corrected chi connectivity index (χ4v) is 1.94. The number of hydrogen-bond donors (Lipinski definition) is 1. The number of hydrogen-bond acceptors (Lipinski definition) is 2. The monoisotopic (exact) mass is 283 g/mol. The highest BCUT2D eigenvalue weighted by atomic mass is 19.4. The minimum absolute atomic E-state index is 0.00912. The highest BCUT2D eigenvalue weighted by Crippen LogP contribution is 2.34. The van der Waals surface area contributed by atoms with Crippen LogP contribution in [0.3, 0.4) is 0 Å². The Hall–Kier alpha value is -1.75. The third-order valence-corrected chi connectivity index (χ3v) is 3.32. The first-order chi connectivity index (χ1) is 9.32. The van der Waals surface area contributed by atoms with Gasteiger partial charge >= 0.3 is 6.18 Å². The molecule has 1 unspecified atom stereocenters. The van der Waals surface area contributed by atoms with Gasteiger partial charge in [-0.3, -0.25) is 0 Å². The summed E-state index contributed by atoms with van der Waals surface area (Å²) in [6.07, 6.45) is -4.35. The summed E-state index contributed by atoms with van der Waals surface area (Å²) in [4.78, 5) is 0. The maximum atomic E-state index is 12.8. The summed E-state index contributed by atoms with van der Waals surface area (Å²) in [6, 6.07) is 7.15. The van der Waals surface area contributed by atoms with Crippen molar-refractivity contribution < 1.29 is 17.6 Å². The molecule has 0 aliphatic heterocycles. The first-order valence-corrected chi connectivity index (χ1v) is 6.28. The van der Waals surface area contributed by atoms with Crippen molar-refractivity contribution in [2.45, 2.75) is 26.1 Å². The zero-order chi connectivity index (χ0) is 14.9. The Morgan fingerprint density at radius 1 is 1.15 bits per heavy atom. The lowest BCUT2D eigenvalue weighted by molar-refractivity contribution is -0.137. The van der Waals surface area contributed by atoms with E-state index in [4.69, 9.17) is 4.42 Å². The largest absolute Gasteiger partial charge is 0.459 e. The van der Waals surface area contributed by atoms with Gasteiger partial charge in [-0.1, -0.05) is 6.07 Å². The third kappa shape index (κ3) is 2.88. The molecule has 2 nitrogen and oxygen atoms in total. The zero-order valence-corrected chi connectivity index (χ0v) is 11.5. The summed E-state index contributed by atoms with van der Waals surface area (Å²) in [6.45, 7) is 3.68. The number of halogens is 3. The van der Waals surface area contributed by atoms with Crippen LogP contribution in [0.4, 0.5) is 13.2 Å². The Bertz CT molecular complexity index is 601. The Morgan fingerprint density at radius 2 is 1.85 bits per heavy atom. The molecule has 1 heterocycles. The minimum atomic E-state index is -4.35. The van der Waals surface area contributed by atoms with Gasteiger partial charge in [-0.2, -0.15) is 13.2 Å². The van der Waals surface area contributed by atoms with Gasteiger partial charge in [-0.15, -0.1) is 0 Å². The molecule has 1 aromatic carbocycles. The van der Waals surface area contributed by atoms with Crippen LogP contribution in [0.2, 0.25) is 0 Å². The van der Waals surface area contributed by atoms with Crippen molar-refractivity contribution in [3.05, 3.63) is 47.2 Å². The van der Waals surface area contributed by atoms with E-state index in [0.717, 1.165) is 17.7 Å². The molecule has 0 fully saturated rings. The number of benzene rings is 1. The molecule has 2 aromatic rings. The van der Waals surface area contributed by atoms with Crippen molar-refractivity contribution in [2.24, 2.45) is 0 Å². The second-order valence-electron chi connectivity index (χ2n) is 4.74. The second kappa shape index (κ2) is 5.32. The van der Waals surface area contributed by atoms with Crippen molar-refractivity contribution in [2.75, 3.05) is 7.05 Å². The average Bonchev–Trinajstić information content (AvgIpc) is 2.86. The summed E-state index contributed by atoms with van der Waals surface area (Å²) in [5, 5.41) is 3.02. The van der Waals surface area contributed by atoms with Crippen molar-refractivity contribution in [1.82, 2.24) is 5.32 Å². The quantitative estimate of drug-likeness (QED) is 0.893. The van der Waals surface area contributed by atoms with Gasteiger partial charge in [-0.25, -0.2) is 0 Å². The topological polar surface area (TPSA) is 25.2 Å². The van der Waals surface area contributed by atoms with Crippen LogP contribution in [0.15, 0.2) is 34.7 Å². The van der Waals surface area contributed by atoms with E-state index in [2.05, 4.69) is 5.32 Å². The highest BCUT2D eigenvalue weighted by Gasteiger charge is 2.31. The van der Waals surface area contributed by atoms with Crippen LogP contribution in [0.1, 0.15) is 29.9 Å². The van der Waals surface area contributed by atoms with Crippen LogP contribution in [0.5, 0.6) is 0 Å². The first-order valence-electron chi connectivity index (χ1n) is 6.28. The maximum absolute atomic E-state index is 12.8. The maximum Gasteiger partial charge on any atom is 0.416 e. The molecule has 108 valence electrons. The van der Waals surface area contributed by atoms with Crippen molar-refractivity contribution >= 4 is 0 Å². The predicted molar refractivity (Wildman–Crippen MR) is 71.4 cm³/mol. The highest BCUT2D eigenvalue weighted by molar-refractivity contribution is 5.63. The molecule has 0 amide bonds. The molecule has 0 bridgehead atoms. The molecule has 1 atom stereocenters. The van der Waals surface area contributed by atoms with Crippen molar-refractivity contribution in [3.63, 3.8) is 0 Å². The van der Waals surface area contributed by atoms with Crippen LogP contribution in [0.25, 0.3) is 11.3 Å². The van der Waals surface area contributed by atoms with Crippen LogP contribution in [-0.2, 0) is 6.18 Å². The molecule has 0 saturated heterocycles. The Morgan fingerprint density at radius 3 is 2.45 bits per heavy atom. The fraction of sp³-hybridized carbons (Fsp3) is 0.333. The summed E-state index contributed by atoms with van der Waals surface area (Å²) < 4.78 is 43.9. The Balaban J connectivity index is 2.44. The van der Waals surface area contributed by atoms with Gasteiger partial charge in [0.1, 0.15) is 11.5 Å². The van der Waals surface area contributed by atoms with Gasteiger partial charge in [0, 0.05) is 5.56 Å². The minimum Gasteiger partial charge on any atom is -0.459 e. The summed E-state index contributed by atoms with van der Waals surface area (Å²) in [7, 11) is 1.79. The van der Waals surface area contributed by atoms with E-state index >= 15 is 0 Å². The first kappa shape index (κ1) is 14.7. The van der Waals surface area contributed by atoms with Crippen molar-refractivity contribution in [1.29, 1.82) is 0 Å². The van der Waals surface area contributed by atoms with Crippen LogP contribution in [-0.4, -0.2) is 7.05 Å². The van der Waals surface area contributed by atoms with E-state index in [1.54, 1.807) is 26.1 Å². The van der Waals surface area contributed by atoms with E-state index in [0.29, 0.717) is 17.1 Å². The Labute approximate surface area is 115 Å². The van der Waals surface area contributed by atoms with E-state index < -0.39 is 11.7 Å². The molecular weight excluding hydrogens is 267 g/mol. The molecule has 2 rings (SSSR count). The zero-order valence-electron chi connectivity index (χ0n) is 11.5. The lowest BCUT2D eigenvalue weighted by Gasteiger charge is -2.10. The van der Waals surface area contributed by atoms with E-state index in [-0.39, 0.29) is 6.04 Å². The molecule has 0 spiro atoms. The van der Waals surface area contributed by atoms with E-state index in [1.165, 1.54) is 6.07 Å². The molecule has 0 aliphatic carbocycles. The van der Waals surface area contributed by atoms with Gasteiger partial charge in [0.2, 0.25) is 0 Å². The van der Waals surface area contributed by atoms with Crippen molar-refractivity contribution in [3.8, 4) is 11.3 Å². The number of nitrogens with one attached hydrogen (secondary N) is 1. The number of furan rings is 1. The van der Waals surface area contributed by atoms with Gasteiger partial charge in [0.15, 0.2) is 0 Å². The molecule has 0 aliphatic rings. The normalized spacial score (nSPS) is 13.5. The Kier molecular flexibility index (Phi) is 3.90. The molecule has 5 heteroatoms. The molecule has 1 aromatic heterocycles. The number of aryl methyl sites for hydroxylation is 1. The lowest BCUT2D eigenvalue weighted by atomic mass is 10.0. The number of alkyl halides is 3. The summed E-state index contributed by atoms with van der Waals surface area (Å²) in [5.41, 5.74) is 0.545. The SMILES string of the molecule is CNC(C)c1ccc(-c2cc(C(F)(F)F)ccc2C)o1. The van der Waals surface area contributed by atoms with Gasteiger partial charge in [0.25, 0.3) is 0 Å². The van der Waals surface area contributed by atoms with E-state index in [1.807, 2.05) is 6.92 Å². The predicted octanol–water partition coefficient (Wildman–Crippen LogP) is 4.55. The fourth-order valence-electron chi connectivity index (χ4n) is 1.94. The average molecular weight is 283 g/mol. The smallest absolute Gasteiger partial charge is 0.416 e.